The topological polar surface area (TPSA) is 9.86 Å². The van der Waals surface area contributed by atoms with Crippen molar-refractivity contribution < 1.29 is 0 Å². The molecule has 9 aromatic rings. The van der Waals surface area contributed by atoms with Gasteiger partial charge in [0.25, 0.3) is 0 Å². The molecule has 0 unspecified atom stereocenters. The highest BCUT2D eigenvalue weighted by Crippen LogP contribution is 2.51. The number of benzene rings is 7. The van der Waals surface area contributed by atoms with Gasteiger partial charge in [0.05, 0.1) is 22.1 Å². The minimum absolute atomic E-state index is 0.0425. The lowest BCUT2D eigenvalue weighted by atomic mass is 9.82. The molecule has 222 valence electrons. The molecular formula is C45H32N2. The van der Waals surface area contributed by atoms with Gasteiger partial charge < -0.3 is 9.13 Å². The van der Waals surface area contributed by atoms with E-state index in [0.29, 0.717) is 0 Å². The largest absolute Gasteiger partial charge is 0.309 e. The lowest BCUT2D eigenvalue weighted by Gasteiger charge is -2.21. The van der Waals surface area contributed by atoms with Gasteiger partial charge in [0.2, 0.25) is 0 Å². The molecule has 0 radical (unpaired) electrons. The van der Waals surface area contributed by atoms with Gasteiger partial charge in [-0.2, -0.15) is 0 Å². The number of nitrogens with zero attached hydrogens (tertiary/aromatic N) is 2. The van der Waals surface area contributed by atoms with Gasteiger partial charge in [0.1, 0.15) is 0 Å². The lowest BCUT2D eigenvalue weighted by molar-refractivity contribution is 0.661. The summed E-state index contributed by atoms with van der Waals surface area (Å²) in [7, 11) is 0. The first-order valence-corrected chi connectivity index (χ1v) is 16.5. The van der Waals surface area contributed by atoms with Crippen LogP contribution in [0.25, 0.3) is 77.2 Å². The Morgan fingerprint density at radius 3 is 1.83 bits per heavy atom. The molecule has 7 aromatic carbocycles. The van der Waals surface area contributed by atoms with E-state index in [1.165, 1.54) is 88.4 Å². The molecule has 10 rings (SSSR count). The number of hydrogen-bond acceptors (Lipinski definition) is 0. The Kier molecular flexibility index (Phi) is 5.37. The number of aromatic nitrogens is 2. The number of hydrogen-bond donors (Lipinski definition) is 0. The fraction of sp³-hybridized carbons (Fsp3) is 0.0667. The zero-order valence-corrected chi connectivity index (χ0v) is 26.4. The molecule has 1 aliphatic rings. The standard InChI is InChI=1S/C45H32N2/c1-45(2)39-23-9-6-18-33(39)37-28-43-38(27-40(37)45)35-20-8-10-24-41(35)46(43)31-17-12-14-29(26-31)32-21-13-22-36-34-19-7-11-25-42(34)47(44(32)36)30-15-4-3-5-16-30/h3-28H,1-2H3. The van der Waals surface area contributed by atoms with Crippen molar-refractivity contribution in [2.45, 2.75) is 19.3 Å². The third kappa shape index (κ3) is 3.61. The van der Waals surface area contributed by atoms with Gasteiger partial charge in [-0.15, -0.1) is 0 Å². The second-order valence-corrected chi connectivity index (χ2v) is 13.4. The molecule has 0 saturated carbocycles. The van der Waals surface area contributed by atoms with Crippen molar-refractivity contribution in [3.05, 3.63) is 169 Å². The van der Waals surface area contributed by atoms with E-state index in [9.17, 15) is 0 Å². The zero-order valence-electron chi connectivity index (χ0n) is 26.4. The van der Waals surface area contributed by atoms with Gasteiger partial charge in [0.15, 0.2) is 0 Å². The van der Waals surface area contributed by atoms with Crippen molar-refractivity contribution in [1.82, 2.24) is 9.13 Å². The maximum absolute atomic E-state index is 2.47. The summed E-state index contributed by atoms with van der Waals surface area (Å²) in [6, 6.07) is 58.0. The van der Waals surface area contributed by atoms with Crippen molar-refractivity contribution in [3.8, 4) is 33.6 Å². The van der Waals surface area contributed by atoms with E-state index >= 15 is 0 Å². The van der Waals surface area contributed by atoms with Crippen LogP contribution in [0, 0.1) is 0 Å². The molecule has 0 fully saturated rings. The van der Waals surface area contributed by atoms with Crippen LogP contribution >= 0.6 is 0 Å². The van der Waals surface area contributed by atoms with Crippen LogP contribution in [0.4, 0.5) is 0 Å². The van der Waals surface area contributed by atoms with E-state index in [4.69, 9.17) is 0 Å². The van der Waals surface area contributed by atoms with Crippen molar-refractivity contribution in [1.29, 1.82) is 0 Å². The van der Waals surface area contributed by atoms with Crippen LogP contribution in [-0.4, -0.2) is 9.13 Å². The van der Waals surface area contributed by atoms with Gasteiger partial charge in [-0.05, 0) is 76.3 Å². The Bertz CT molecular complexity index is 2700. The van der Waals surface area contributed by atoms with Crippen LogP contribution in [0.2, 0.25) is 0 Å². The monoisotopic (exact) mass is 600 g/mol. The van der Waals surface area contributed by atoms with Gasteiger partial charge in [-0.3, -0.25) is 0 Å². The molecule has 0 atom stereocenters. The van der Waals surface area contributed by atoms with Crippen LogP contribution in [0.5, 0.6) is 0 Å². The Morgan fingerprint density at radius 2 is 1.00 bits per heavy atom. The predicted molar refractivity (Wildman–Crippen MR) is 198 cm³/mol. The summed E-state index contributed by atoms with van der Waals surface area (Å²) < 4.78 is 4.89. The Hall–Kier alpha value is -5.86. The average molecular weight is 601 g/mol. The van der Waals surface area contributed by atoms with Crippen molar-refractivity contribution in [2.75, 3.05) is 0 Å². The molecule has 0 bridgehead atoms. The van der Waals surface area contributed by atoms with Gasteiger partial charge in [0, 0.05) is 43.9 Å². The Morgan fingerprint density at radius 1 is 0.383 bits per heavy atom. The fourth-order valence-corrected chi connectivity index (χ4v) is 8.35. The third-order valence-corrected chi connectivity index (χ3v) is 10.5. The molecule has 0 spiro atoms. The molecule has 2 nitrogen and oxygen atoms in total. The minimum Gasteiger partial charge on any atom is -0.309 e. The van der Waals surface area contributed by atoms with Gasteiger partial charge in [-0.25, -0.2) is 0 Å². The smallest absolute Gasteiger partial charge is 0.0619 e. The maximum atomic E-state index is 2.47. The molecule has 0 saturated heterocycles. The first-order chi connectivity index (χ1) is 23.1. The van der Waals surface area contributed by atoms with E-state index in [0.717, 1.165) is 0 Å². The molecule has 0 aliphatic heterocycles. The first kappa shape index (κ1) is 26.4. The summed E-state index contributed by atoms with van der Waals surface area (Å²) in [5.74, 6) is 0. The molecule has 0 amide bonds. The summed E-state index contributed by atoms with van der Waals surface area (Å²) in [4.78, 5) is 0. The van der Waals surface area contributed by atoms with Crippen LogP contribution in [0.1, 0.15) is 25.0 Å². The maximum Gasteiger partial charge on any atom is 0.0619 e. The van der Waals surface area contributed by atoms with E-state index in [1.54, 1.807) is 0 Å². The molecule has 47 heavy (non-hydrogen) atoms. The minimum atomic E-state index is -0.0425. The summed E-state index contributed by atoms with van der Waals surface area (Å²) in [5, 5.41) is 5.12. The number of fused-ring (bicyclic) bond motifs is 9. The number of para-hydroxylation sites is 4. The molecular weight excluding hydrogens is 569 g/mol. The molecule has 2 heteroatoms. The predicted octanol–water partition coefficient (Wildman–Crippen LogP) is 11.9. The number of rotatable bonds is 3. The summed E-state index contributed by atoms with van der Waals surface area (Å²) >= 11 is 0. The van der Waals surface area contributed by atoms with Crippen molar-refractivity contribution >= 4 is 43.6 Å². The SMILES string of the molecule is CC1(C)c2ccccc2-c2cc3c(cc21)c1ccccc1n3-c1cccc(-c2cccc3c4ccccc4n(-c4ccccc4)c23)c1. The average Bonchev–Trinajstić information content (AvgIpc) is 3.71. The van der Waals surface area contributed by atoms with Crippen LogP contribution < -0.4 is 0 Å². The third-order valence-electron chi connectivity index (χ3n) is 10.5. The second kappa shape index (κ2) is 9.57. The van der Waals surface area contributed by atoms with E-state index in [-0.39, 0.29) is 5.41 Å². The zero-order chi connectivity index (χ0) is 31.3. The van der Waals surface area contributed by atoms with Gasteiger partial charge >= 0.3 is 0 Å². The van der Waals surface area contributed by atoms with E-state index in [2.05, 4.69) is 181 Å². The summed E-state index contributed by atoms with van der Waals surface area (Å²) in [6.07, 6.45) is 0. The Balaban J connectivity index is 1.25. The Labute approximate surface area is 273 Å². The summed E-state index contributed by atoms with van der Waals surface area (Å²) in [5.41, 5.74) is 15.1. The summed E-state index contributed by atoms with van der Waals surface area (Å²) in [6.45, 7) is 4.73. The van der Waals surface area contributed by atoms with Crippen LogP contribution in [0.15, 0.2) is 158 Å². The van der Waals surface area contributed by atoms with Crippen molar-refractivity contribution in [3.63, 3.8) is 0 Å². The van der Waals surface area contributed by atoms with Crippen LogP contribution in [0.3, 0.4) is 0 Å². The second-order valence-electron chi connectivity index (χ2n) is 13.4. The normalized spacial score (nSPS) is 13.5. The van der Waals surface area contributed by atoms with Crippen molar-refractivity contribution in [2.24, 2.45) is 0 Å². The highest BCUT2D eigenvalue weighted by atomic mass is 15.0. The highest BCUT2D eigenvalue weighted by Gasteiger charge is 2.36. The molecule has 0 N–H and O–H groups in total. The highest BCUT2D eigenvalue weighted by molar-refractivity contribution is 6.14. The van der Waals surface area contributed by atoms with E-state index in [1.807, 2.05) is 0 Å². The lowest BCUT2D eigenvalue weighted by Crippen LogP contribution is -2.14. The quantitative estimate of drug-likeness (QED) is 0.191. The molecule has 2 heterocycles. The first-order valence-electron chi connectivity index (χ1n) is 16.5. The van der Waals surface area contributed by atoms with Gasteiger partial charge in [-0.1, -0.05) is 123 Å². The molecule has 2 aromatic heterocycles. The fourth-order valence-electron chi connectivity index (χ4n) is 8.35. The molecule has 1 aliphatic carbocycles. The van der Waals surface area contributed by atoms with Crippen LogP contribution in [-0.2, 0) is 5.41 Å². The van der Waals surface area contributed by atoms with E-state index < -0.39 is 0 Å².